The van der Waals surface area contributed by atoms with Gasteiger partial charge in [0.25, 0.3) is 0 Å². The molecule has 1 heterocycles. The van der Waals surface area contributed by atoms with Gasteiger partial charge in [0.15, 0.2) is 0 Å². The molecule has 1 aromatic carbocycles. The van der Waals surface area contributed by atoms with E-state index in [1.54, 1.807) is 0 Å². The Morgan fingerprint density at radius 2 is 2.00 bits per heavy atom. The first-order valence-corrected chi connectivity index (χ1v) is 5.65. The zero-order valence-corrected chi connectivity index (χ0v) is 10.3. The summed E-state index contributed by atoms with van der Waals surface area (Å²) in [4.78, 5) is 26.6. The zero-order valence-electron chi connectivity index (χ0n) is 10.3. The molecule has 0 spiro atoms. The van der Waals surface area contributed by atoms with Crippen LogP contribution in [0.15, 0.2) is 35.1 Å². The Kier molecular flexibility index (Phi) is 3.33. The molecule has 0 saturated carbocycles. The predicted molar refractivity (Wildman–Crippen MR) is 70.1 cm³/mol. The van der Waals surface area contributed by atoms with Gasteiger partial charge < -0.3 is 10.8 Å². The number of hydrogen-bond donors (Lipinski definition) is 2. The van der Waals surface area contributed by atoms with E-state index in [0.717, 1.165) is 10.1 Å². The molecule has 2 aromatic rings. The van der Waals surface area contributed by atoms with Gasteiger partial charge in [0.1, 0.15) is 11.4 Å². The quantitative estimate of drug-likeness (QED) is 0.852. The second-order valence-corrected chi connectivity index (χ2v) is 4.12. The summed E-state index contributed by atoms with van der Waals surface area (Å²) in [5.41, 5.74) is 6.06. The van der Waals surface area contributed by atoms with Crippen molar-refractivity contribution in [1.82, 2.24) is 9.55 Å². The van der Waals surface area contributed by atoms with Gasteiger partial charge in [-0.2, -0.15) is 4.98 Å². The van der Waals surface area contributed by atoms with E-state index in [9.17, 15) is 9.59 Å². The van der Waals surface area contributed by atoms with Gasteiger partial charge in [-0.1, -0.05) is 30.3 Å². The van der Waals surface area contributed by atoms with Gasteiger partial charge in [-0.15, -0.1) is 0 Å². The fourth-order valence-electron chi connectivity index (χ4n) is 1.87. The van der Waals surface area contributed by atoms with Crippen LogP contribution in [-0.4, -0.2) is 20.6 Å². The number of rotatable bonds is 3. The summed E-state index contributed by atoms with van der Waals surface area (Å²) in [6.45, 7) is 1.65. The van der Waals surface area contributed by atoms with Crippen molar-refractivity contribution >= 4 is 11.8 Å². The van der Waals surface area contributed by atoms with E-state index in [1.807, 2.05) is 30.3 Å². The van der Waals surface area contributed by atoms with Crippen molar-refractivity contribution in [2.75, 3.05) is 5.73 Å². The second-order valence-electron chi connectivity index (χ2n) is 4.12. The minimum absolute atomic E-state index is 0.0751. The van der Waals surface area contributed by atoms with E-state index in [4.69, 9.17) is 10.8 Å². The van der Waals surface area contributed by atoms with E-state index >= 15 is 0 Å². The van der Waals surface area contributed by atoms with E-state index in [1.165, 1.54) is 6.92 Å². The average molecular weight is 259 g/mol. The SMILES string of the molecule is Cc1nc(=O)n(Cc2ccccc2)c(N)c1C(=O)O. The summed E-state index contributed by atoms with van der Waals surface area (Å²) < 4.78 is 1.16. The van der Waals surface area contributed by atoms with E-state index in [2.05, 4.69) is 4.98 Å². The molecule has 0 radical (unpaired) electrons. The highest BCUT2D eigenvalue weighted by molar-refractivity contribution is 5.93. The van der Waals surface area contributed by atoms with Crippen LogP contribution in [0.4, 0.5) is 5.82 Å². The summed E-state index contributed by atoms with van der Waals surface area (Å²) in [5.74, 6) is -1.27. The van der Waals surface area contributed by atoms with E-state index in [-0.39, 0.29) is 23.6 Å². The first kappa shape index (κ1) is 12.8. The molecular formula is C13H13N3O3. The molecule has 0 unspecified atom stereocenters. The smallest absolute Gasteiger partial charge is 0.349 e. The normalized spacial score (nSPS) is 10.4. The van der Waals surface area contributed by atoms with Gasteiger partial charge in [-0.05, 0) is 12.5 Å². The number of nitrogen functional groups attached to an aromatic ring is 1. The lowest BCUT2D eigenvalue weighted by Gasteiger charge is -2.12. The summed E-state index contributed by atoms with van der Waals surface area (Å²) in [5, 5.41) is 9.09. The van der Waals surface area contributed by atoms with Gasteiger partial charge in [0.2, 0.25) is 0 Å². The van der Waals surface area contributed by atoms with Crippen LogP contribution in [0.1, 0.15) is 21.6 Å². The highest BCUT2D eigenvalue weighted by Crippen LogP contribution is 2.14. The van der Waals surface area contributed by atoms with Crippen molar-refractivity contribution in [2.24, 2.45) is 0 Å². The monoisotopic (exact) mass is 259 g/mol. The van der Waals surface area contributed by atoms with Crippen LogP contribution in [-0.2, 0) is 6.54 Å². The number of carboxylic acids is 1. The minimum atomic E-state index is -1.19. The van der Waals surface area contributed by atoms with Crippen LogP contribution in [0.25, 0.3) is 0 Å². The fourth-order valence-corrected chi connectivity index (χ4v) is 1.87. The van der Waals surface area contributed by atoms with Crippen LogP contribution in [0.5, 0.6) is 0 Å². The third kappa shape index (κ3) is 2.47. The minimum Gasteiger partial charge on any atom is -0.477 e. The van der Waals surface area contributed by atoms with Crippen molar-refractivity contribution in [1.29, 1.82) is 0 Å². The Balaban J connectivity index is 2.55. The molecule has 0 fully saturated rings. The van der Waals surface area contributed by atoms with Crippen molar-refractivity contribution in [3.63, 3.8) is 0 Å². The standard InChI is InChI=1S/C13H13N3O3/c1-8-10(12(17)18)11(14)16(13(19)15-8)7-9-5-3-2-4-6-9/h2-6H,7,14H2,1H3,(H,17,18). The number of aromatic nitrogens is 2. The number of carbonyl (C=O) groups is 1. The summed E-state index contributed by atoms with van der Waals surface area (Å²) in [7, 11) is 0. The van der Waals surface area contributed by atoms with Crippen LogP contribution in [0, 0.1) is 6.92 Å². The predicted octanol–water partition coefficient (Wildman–Crippen LogP) is 0.880. The maximum Gasteiger partial charge on any atom is 0.349 e. The molecule has 3 N–H and O–H groups in total. The van der Waals surface area contributed by atoms with Crippen LogP contribution < -0.4 is 11.4 Å². The summed E-state index contributed by atoms with van der Waals surface area (Å²) in [6.07, 6.45) is 0. The molecule has 0 amide bonds. The highest BCUT2D eigenvalue weighted by Gasteiger charge is 2.18. The molecule has 0 saturated heterocycles. The number of aromatic carboxylic acids is 1. The largest absolute Gasteiger partial charge is 0.477 e. The third-order valence-corrected chi connectivity index (χ3v) is 2.80. The van der Waals surface area contributed by atoms with Gasteiger partial charge in [0.05, 0.1) is 12.2 Å². The summed E-state index contributed by atoms with van der Waals surface area (Å²) >= 11 is 0. The van der Waals surface area contributed by atoms with Gasteiger partial charge in [-0.25, -0.2) is 9.59 Å². The van der Waals surface area contributed by atoms with Gasteiger partial charge in [0, 0.05) is 0 Å². The van der Waals surface area contributed by atoms with Crippen LogP contribution in [0.2, 0.25) is 0 Å². The van der Waals surface area contributed by atoms with Crippen molar-refractivity contribution < 1.29 is 9.90 Å². The molecule has 0 atom stereocenters. The van der Waals surface area contributed by atoms with E-state index in [0.29, 0.717) is 0 Å². The van der Waals surface area contributed by atoms with Crippen LogP contribution >= 0.6 is 0 Å². The Labute approximate surface area is 109 Å². The molecule has 6 nitrogen and oxygen atoms in total. The molecule has 19 heavy (non-hydrogen) atoms. The van der Waals surface area contributed by atoms with Crippen molar-refractivity contribution in [3.8, 4) is 0 Å². The topological polar surface area (TPSA) is 98.2 Å². The molecule has 0 aliphatic rings. The number of hydrogen-bond acceptors (Lipinski definition) is 4. The average Bonchev–Trinajstić information content (AvgIpc) is 2.35. The third-order valence-electron chi connectivity index (χ3n) is 2.80. The number of carboxylic acid groups (broad SMARTS) is 1. The molecule has 0 aliphatic heterocycles. The Bertz CT molecular complexity index is 678. The van der Waals surface area contributed by atoms with Crippen molar-refractivity contribution in [2.45, 2.75) is 13.5 Å². The lowest BCUT2D eigenvalue weighted by Crippen LogP contribution is -2.29. The Morgan fingerprint density at radius 3 is 2.58 bits per heavy atom. The lowest BCUT2D eigenvalue weighted by molar-refractivity contribution is 0.0696. The Morgan fingerprint density at radius 1 is 1.37 bits per heavy atom. The lowest BCUT2D eigenvalue weighted by atomic mass is 10.2. The molecule has 98 valence electrons. The maximum atomic E-state index is 11.8. The second kappa shape index (κ2) is 4.93. The number of nitrogens with two attached hydrogens (primary N) is 1. The first-order valence-electron chi connectivity index (χ1n) is 5.65. The number of nitrogens with zero attached hydrogens (tertiary/aromatic N) is 2. The number of aryl methyl sites for hydroxylation is 1. The van der Waals surface area contributed by atoms with Gasteiger partial charge >= 0.3 is 11.7 Å². The number of benzene rings is 1. The molecule has 6 heteroatoms. The molecule has 1 aromatic heterocycles. The molecular weight excluding hydrogens is 246 g/mol. The summed E-state index contributed by atoms with van der Waals surface area (Å²) in [6, 6.07) is 9.16. The van der Waals surface area contributed by atoms with Crippen LogP contribution in [0.3, 0.4) is 0 Å². The zero-order chi connectivity index (χ0) is 14.0. The molecule has 2 rings (SSSR count). The Hall–Kier alpha value is -2.63. The molecule has 0 aliphatic carbocycles. The van der Waals surface area contributed by atoms with E-state index < -0.39 is 11.7 Å². The van der Waals surface area contributed by atoms with Gasteiger partial charge in [-0.3, -0.25) is 4.57 Å². The fraction of sp³-hybridized carbons (Fsp3) is 0.154. The maximum absolute atomic E-state index is 11.8. The molecule has 0 bridgehead atoms. The number of anilines is 1. The highest BCUT2D eigenvalue weighted by atomic mass is 16.4. The van der Waals surface area contributed by atoms with Crippen molar-refractivity contribution in [3.05, 3.63) is 57.6 Å². The first-order chi connectivity index (χ1) is 9.00.